The largest absolute Gasteiger partial charge is 0.387 e. The highest BCUT2D eigenvalue weighted by molar-refractivity contribution is 5.80. The highest BCUT2D eigenvalue weighted by Crippen LogP contribution is 2.10. The van der Waals surface area contributed by atoms with Gasteiger partial charge in [-0.15, -0.1) is 10.2 Å². The van der Waals surface area contributed by atoms with Gasteiger partial charge >= 0.3 is 0 Å². The molecule has 0 aliphatic carbocycles. The lowest BCUT2D eigenvalue weighted by molar-refractivity contribution is 0.933. The van der Waals surface area contributed by atoms with Crippen molar-refractivity contribution in [3.8, 4) is 0 Å². The van der Waals surface area contributed by atoms with Crippen molar-refractivity contribution in [1.29, 1.82) is 0 Å². The van der Waals surface area contributed by atoms with Gasteiger partial charge in [0.15, 0.2) is 0 Å². The van der Waals surface area contributed by atoms with Crippen LogP contribution in [-0.4, -0.2) is 12.1 Å². The van der Waals surface area contributed by atoms with Crippen molar-refractivity contribution in [1.82, 2.24) is 0 Å². The Bertz CT molecular complexity index is 143. The fraction of sp³-hybridized carbons (Fsp3) is 0.800. The van der Waals surface area contributed by atoms with Crippen molar-refractivity contribution in [2.45, 2.75) is 26.1 Å². The van der Waals surface area contributed by atoms with Gasteiger partial charge in [-0.1, -0.05) is 6.92 Å². The van der Waals surface area contributed by atoms with Crippen molar-refractivity contribution in [3.63, 3.8) is 0 Å². The Kier molecular flexibility index (Phi) is 1.77. The van der Waals surface area contributed by atoms with Crippen LogP contribution in [0, 0.1) is 0 Å². The molecule has 0 aromatic heterocycles. The lowest BCUT2D eigenvalue weighted by Gasteiger charge is -1.92. The summed E-state index contributed by atoms with van der Waals surface area (Å²) in [6.45, 7) is 2.06. The van der Waals surface area contributed by atoms with Crippen molar-refractivity contribution in [2.24, 2.45) is 21.0 Å². The third-order valence-corrected chi connectivity index (χ3v) is 1.01. The van der Waals surface area contributed by atoms with E-state index < -0.39 is 0 Å². The van der Waals surface area contributed by atoms with Crippen LogP contribution in [0.15, 0.2) is 15.2 Å². The predicted octanol–water partition coefficient (Wildman–Crippen LogP) is 0.893. The van der Waals surface area contributed by atoms with Gasteiger partial charge in [-0.3, -0.25) is 0 Å². The maximum Gasteiger partial charge on any atom is 0.272 e. The molecule has 0 unspecified atom stereocenters. The lowest BCUT2D eigenvalue weighted by Crippen LogP contribution is -2.11. The summed E-state index contributed by atoms with van der Waals surface area (Å²) in [6, 6.07) is 0. The van der Waals surface area contributed by atoms with E-state index in [2.05, 4.69) is 22.1 Å². The van der Waals surface area contributed by atoms with Crippen molar-refractivity contribution in [3.05, 3.63) is 0 Å². The molecule has 9 heavy (non-hydrogen) atoms. The first-order valence-corrected chi connectivity index (χ1v) is 3.05. The van der Waals surface area contributed by atoms with E-state index in [1.165, 1.54) is 0 Å². The lowest BCUT2D eigenvalue weighted by atomic mass is 10.3. The van der Waals surface area contributed by atoms with Crippen LogP contribution in [0.25, 0.3) is 0 Å². The van der Waals surface area contributed by atoms with Gasteiger partial charge in [-0.25, -0.2) is 4.99 Å². The van der Waals surface area contributed by atoms with Crippen LogP contribution >= 0.6 is 0 Å². The topological polar surface area (TPSA) is 63.1 Å². The van der Waals surface area contributed by atoms with Gasteiger partial charge in [0.2, 0.25) is 0 Å². The molecule has 1 aliphatic rings. The first kappa shape index (κ1) is 6.19. The van der Waals surface area contributed by atoms with E-state index in [1.807, 2.05) is 0 Å². The predicted molar refractivity (Wildman–Crippen MR) is 35.2 cm³/mol. The van der Waals surface area contributed by atoms with E-state index in [9.17, 15) is 0 Å². The van der Waals surface area contributed by atoms with Crippen LogP contribution in [0.2, 0.25) is 0 Å². The summed E-state index contributed by atoms with van der Waals surface area (Å²) in [7, 11) is 0. The van der Waals surface area contributed by atoms with Crippen LogP contribution in [0.5, 0.6) is 0 Å². The molecule has 50 valence electrons. The van der Waals surface area contributed by atoms with Gasteiger partial charge in [0.25, 0.3) is 6.29 Å². The Hall–Kier alpha value is -0.930. The third kappa shape index (κ3) is 2.21. The van der Waals surface area contributed by atoms with Gasteiger partial charge in [-0.05, 0) is 6.42 Å². The Morgan fingerprint density at radius 2 is 2.33 bits per heavy atom. The monoisotopic (exact) mass is 126 g/mol. The van der Waals surface area contributed by atoms with Crippen molar-refractivity contribution in [2.75, 3.05) is 0 Å². The molecule has 1 aliphatic heterocycles. The van der Waals surface area contributed by atoms with E-state index >= 15 is 0 Å². The summed E-state index contributed by atoms with van der Waals surface area (Å²) in [4.78, 5) is 3.94. The molecular formula is C5H10N4. The van der Waals surface area contributed by atoms with Gasteiger partial charge in [0.05, 0.1) is 5.84 Å². The molecule has 1 heterocycles. The number of rotatable bonds is 3. The van der Waals surface area contributed by atoms with Crippen LogP contribution in [-0.2, 0) is 0 Å². The van der Waals surface area contributed by atoms with Gasteiger partial charge in [-0.2, -0.15) is 0 Å². The summed E-state index contributed by atoms with van der Waals surface area (Å²) >= 11 is 0. The number of amidine groups is 1. The smallest absolute Gasteiger partial charge is 0.272 e. The summed E-state index contributed by atoms with van der Waals surface area (Å²) < 4.78 is 0. The van der Waals surface area contributed by atoms with E-state index in [0.29, 0.717) is 5.84 Å². The van der Waals surface area contributed by atoms with Crippen LogP contribution < -0.4 is 5.73 Å². The minimum Gasteiger partial charge on any atom is -0.387 e. The zero-order valence-corrected chi connectivity index (χ0v) is 5.41. The minimum absolute atomic E-state index is 0.156. The fourth-order valence-electron chi connectivity index (χ4n) is 0.550. The molecule has 0 amide bonds. The quantitative estimate of drug-likeness (QED) is 0.443. The summed E-state index contributed by atoms with van der Waals surface area (Å²) in [5.74, 6) is 0.660. The van der Waals surface area contributed by atoms with Gasteiger partial charge in [0, 0.05) is 6.42 Å². The normalized spacial score (nSPS) is 18.6. The van der Waals surface area contributed by atoms with Gasteiger partial charge < -0.3 is 5.73 Å². The first-order chi connectivity index (χ1) is 4.33. The zero-order chi connectivity index (χ0) is 6.69. The molecule has 4 nitrogen and oxygen atoms in total. The second-order valence-electron chi connectivity index (χ2n) is 1.95. The SMILES string of the molecule is CCC/C(N)=N/C1N=N1. The number of nitrogens with zero attached hydrogens (tertiary/aromatic N) is 3. The summed E-state index contributed by atoms with van der Waals surface area (Å²) in [6.07, 6.45) is 1.72. The number of hydrogen-bond acceptors (Lipinski definition) is 3. The summed E-state index contributed by atoms with van der Waals surface area (Å²) in [5, 5.41) is 7.16. The second kappa shape index (κ2) is 2.57. The molecule has 0 radical (unpaired) electrons. The molecule has 0 atom stereocenters. The molecule has 0 bridgehead atoms. The Labute approximate surface area is 53.9 Å². The highest BCUT2D eigenvalue weighted by Gasteiger charge is 2.12. The Morgan fingerprint density at radius 3 is 2.78 bits per heavy atom. The maximum atomic E-state index is 5.46. The molecule has 0 aromatic rings. The average Bonchev–Trinajstić information content (AvgIpc) is 2.50. The first-order valence-electron chi connectivity index (χ1n) is 3.05. The third-order valence-electron chi connectivity index (χ3n) is 1.01. The van der Waals surface area contributed by atoms with Crippen molar-refractivity contribution >= 4 is 5.84 Å². The maximum absolute atomic E-state index is 5.46. The van der Waals surface area contributed by atoms with E-state index in [1.54, 1.807) is 0 Å². The molecule has 2 N–H and O–H groups in total. The summed E-state index contributed by atoms with van der Waals surface area (Å²) in [5.41, 5.74) is 5.46. The Morgan fingerprint density at radius 1 is 1.67 bits per heavy atom. The zero-order valence-electron chi connectivity index (χ0n) is 5.41. The number of aliphatic imine (C=N–C) groups is 1. The molecule has 4 heteroatoms. The Balaban J connectivity index is 2.21. The highest BCUT2D eigenvalue weighted by atomic mass is 15.5. The molecule has 0 fully saturated rings. The van der Waals surface area contributed by atoms with Crippen molar-refractivity contribution < 1.29 is 0 Å². The van der Waals surface area contributed by atoms with Crippen LogP contribution in [0.3, 0.4) is 0 Å². The van der Waals surface area contributed by atoms with E-state index in [4.69, 9.17) is 5.73 Å². The molecule has 0 saturated carbocycles. The van der Waals surface area contributed by atoms with E-state index in [-0.39, 0.29) is 6.29 Å². The molecule has 1 rings (SSSR count). The molecule has 0 saturated heterocycles. The molecular weight excluding hydrogens is 116 g/mol. The fourth-order valence-corrected chi connectivity index (χ4v) is 0.550. The standard InChI is InChI=1S/C5H10N4/c1-2-3-4(6)7-5-8-9-5/h5H,2-3H2,1H3,(H2,6,7). The van der Waals surface area contributed by atoms with Crippen LogP contribution in [0.4, 0.5) is 0 Å². The van der Waals surface area contributed by atoms with E-state index in [0.717, 1.165) is 12.8 Å². The molecule has 0 aromatic carbocycles. The average molecular weight is 126 g/mol. The van der Waals surface area contributed by atoms with Gasteiger partial charge in [0.1, 0.15) is 0 Å². The number of hydrogen-bond donors (Lipinski definition) is 1. The second-order valence-corrected chi connectivity index (χ2v) is 1.95. The molecule has 0 spiro atoms. The van der Waals surface area contributed by atoms with Crippen LogP contribution in [0.1, 0.15) is 19.8 Å². The minimum atomic E-state index is -0.156. The number of nitrogens with two attached hydrogens (primary N) is 1.